The van der Waals surface area contributed by atoms with Crippen LogP contribution in [0.3, 0.4) is 0 Å². The lowest BCUT2D eigenvalue weighted by Gasteiger charge is -2.10. The van der Waals surface area contributed by atoms with Crippen LogP contribution in [0.2, 0.25) is 0 Å². The first-order chi connectivity index (χ1) is 15.2. The van der Waals surface area contributed by atoms with Crippen LogP contribution in [0.1, 0.15) is 15.9 Å². The molecule has 4 nitrogen and oxygen atoms in total. The monoisotopic (exact) mass is 400 g/mol. The first-order valence-corrected chi connectivity index (χ1v) is 10.1. The van der Waals surface area contributed by atoms with Gasteiger partial charge in [0.1, 0.15) is 5.65 Å². The normalized spacial score (nSPS) is 12.0. The summed E-state index contributed by atoms with van der Waals surface area (Å²) < 4.78 is 1.67. The number of pyridine rings is 1. The number of hydrogen-bond donors (Lipinski definition) is 0. The van der Waals surface area contributed by atoms with Gasteiger partial charge in [-0.25, -0.2) is 4.98 Å². The molecule has 0 N–H and O–H groups in total. The summed E-state index contributed by atoms with van der Waals surface area (Å²) in [6.45, 7) is 0. The predicted octanol–water partition coefficient (Wildman–Crippen LogP) is 5.49. The smallest absolute Gasteiger partial charge is 0.264 e. The van der Waals surface area contributed by atoms with Gasteiger partial charge in [-0.2, -0.15) is 0 Å². The molecule has 31 heavy (non-hydrogen) atoms. The second kappa shape index (κ2) is 6.61. The third-order valence-electron chi connectivity index (χ3n) is 5.77. The zero-order valence-corrected chi connectivity index (χ0v) is 16.4. The minimum atomic E-state index is -0.119. The number of benzene rings is 4. The number of nitrogens with zero attached hydrogens (tertiary/aromatic N) is 2. The Hall–Kier alpha value is -4.31. The van der Waals surface area contributed by atoms with Crippen LogP contribution in [0, 0.1) is 0 Å². The highest BCUT2D eigenvalue weighted by Crippen LogP contribution is 2.31. The Kier molecular flexibility index (Phi) is 3.74. The molecule has 2 aromatic heterocycles. The number of imidazole rings is 1. The maximum absolute atomic E-state index is 13.4. The van der Waals surface area contributed by atoms with Crippen molar-refractivity contribution in [3.8, 4) is 0 Å². The van der Waals surface area contributed by atoms with Crippen molar-refractivity contribution in [1.29, 1.82) is 0 Å². The molecular weight excluding hydrogens is 384 g/mol. The molecule has 0 fully saturated rings. The fourth-order valence-electron chi connectivity index (χ4n) is 4.34. The zero-order chi connectivity index (χ0) is 20.9. The zero-order valence-electron chi connectivity index (χ0n) is 16.4. The number of aromatic nitrogens is 2. The molecule has 0 radical (unpaired) electrons. The number of para-hydroxylation sites is 2. The highest BCUT2D eigenvalue weighted by atomic mass is 16.1. The molecular formula is C27H16N2O2. The van der Waals surface area contributed by atoms with E-state index < -0.39 is 0 Å². The van der Waals surface area contributed by atoms with Crippen molar-refractivity contribution in [2.24, 2.45) is 0 Å². The van der Waals surface area contributed by atoms with Crippen molar-refractivity contribution in [2.45, 2.75) is 0 Å². The lowest BCUT2D eigenvalue weighted by Crippen LogP contribution is -2.13. The number of rotatable bonds is 3. The van der Waals surface area contributed by atoms with Gasteiger partial charge >= 0.3 is 0 Å². The Morgan fingerprint density at radius 3 is 2.42 bits per heavy atom. The van der Waals surface area contributed by atoms with Gasteiger partial charge in [-0.1, -0.05) is 66.7 Å². The molecule has 4 heteroatoms. The van der Waals surface area contributed by atoms with E-state index in [1.165, 1.54) is 0 Å². The fraction of sp³-hybridized carbons (Fsp3) is 0. The molecule has 0 amide bonds. The van der Waals surface area contributed by atoms with Crippen LogP contribution in [-0.4, -0.2) is 15.2 Å². The van der Waals surface area contributed by atoms with Gasteiger partial charge in [-0.3, -0.25) is 14.0 Å². The van der Waals surface area contributed by atoms with Crippen LogP contribution in [0.15, 0.2) is 95.8 Å². The summed E-state index contributed by atoms with van der Waals surface area (Å²) in [5.74, 6) is -0.0981. The topological polar surface area (TPSA) is 51.4 Å². The van der Waals surface area contributed by atoms with E-state index in [9.17, 15) is 9.59 Å². The van der Waals surface area contributed by atoms with Crippen molar-refractivity contribution in [3.05, 3.63) is 112 Å². The quantitative estimate of drug-likeness (QED) is 0.292. The summed E-state index contributed by atoms with van der Waals surface area (Å²) in [4.78, 5) is 31.1. The summed E-state index contributed by atoms with van der Waals surface area (Å²) in [5.41, 5.74) is 3.60. The Morgan fingerprint density at radius 1 is 0.774 bits per heavy atom. The van der Waals surface area contributed by atoms with E-state index in [-0.39, 0.29) is 11.3 Å². The highest BCUT2D eigenvalue weighted by molar-refractivity contribution is 6.23. The first kappa shape index (κ1) is 17.5. The fourth-order valence-corrected chi connectivity index (χ4v) is 4.34. The van der Waals surface area contributed by atoms with E-state index in [0.29, 0.717) is 16.6 Å². The van der Waals surface area contributed by atoms with Gasteiger partial charge in [0.2, 0.25) is 0 Å². The minimum absolute atomic E-state index is 0.0981. The Morgan fingerprint density at radius 2 is 1.55 bits per heavy atom. The number of allylic oxidation sites excluding steroid dienone is 1. The van der Waals surface area contributed by atoms with Crippen LogP contribution in [0.5, 0.6) is 0 Å². The summed E-state index contributed by atoms with van der Waals surface area (Å²) >= 11 is 0. The van der Waals surface area contributed by atoms with E-state index in [2.05, 4.69) is 0 Å². The van der Waals surface area contributed by atoms with E-state index in [1.807, 2.05) is 78.9 Å². The molecule has 0 saturated heterocycles. The number of hydrogen-bond acceptors (Lipinski definition) is 3. The van der Waals surface area contributed by atoms with Crippen LogP contribution < -0.4 is 5.56 Å². The summed E-state index contributed by atoms with van der Waals surface area (Å²) in [5, 5.41) is 3.01. The maximum atomic E-state index is 13.4. The number of fused-ring (bicyclic) bond motifs is 4. The van der Waals surface area contributed by atoms with Gasteiger partial charge < -0.3 is 0 Å². The molecule has 2 heterocycles. The lowest BCUT2D eigenvalue weighted by molar-refractivity contribution is 0.104. The number of carbonyl (C=O) groups excluding carboxylic acids is 1. The molecule has 146 valence electrons. The highest BCUT2D eigenvalue weighted by Gasteiger charge is 2.18. The molecule has 0 aliphatic heterocycles. The van der Waals surface area contributed by atoms with E-state index >= 15 is 0 Å². The first-order valence-electron chi connectivity index (χ1n) is 10.1. The average Bonchev–Trinajstić information content (AvgIpc) is 3.21. The van der Waals surface area contributed by atoms with Gasteiger partial charge in [0.05, 0.1) is 11.0 Å². The van der Waals surface area contributed by atoms with Crippen LogP contribution >= 0.6 is 0 Å². The van der Waals surface area contributed by atoms with Crippen molar-refractivity contribution in [3.63, 3.8) is 0 Å². The van der Waals surface area contributed by atoms with E-state index in [1.54, 1.807) is 22.6 Å². The summed E-state index contributed by atoms with van der Waals surface area (Å²) in [6, 6.07) is 26.6. The summed E-state index contributed by atoms with van der Waals surface area (Å²) in [6.07, 6.45) is 3.39. The Labute approximate surface area is 177 Å². The molecule has 0 aliphatic rings. The van der Waals surface area contributed by atoms with Gasteiger partial charge in [-0.05, 0) is 41.3 Å². The van der Waals surface area contributed by atoms with Crippen molar-refractivity contribution >= 4 is 50.1 Å². The van der Waals surface area contributed by atoms with Gasteiger partial charge in [0, 0.05) is 21.7 Å². The molecule has 0 spiro atoms. The third kappa shape index (κ3) is 2.58. The predicted molar refractivity (Wildman–Crippen MR) is 125 cm³/mol. The molecule has 0 bridgehead atoms. The van der Waals surface area contributed by atoms with Crippen LogP contribution in [0.4, 0.5) is 0 Å². The Bertz CT molecular complexity index is 1710. The van der Waals surface area contributed by atoms with Gasteiger partial charge in [0.25, 0.3) is 5.56 Å². The largest absolute Gasteiger partial charge is 0.289 e. The van der Waals surface area contributed by atoms with Crippen molar-refractivity contribution in [2.75, 3.05) is 0 Å². The van der Waals surface area contributed by atoms with Gasteiger partial charge in [0.15, 0.2) is 5.78 Å². The standard InChI is InChI=1S/C27H16N2O2/c30-24(16-13-17-7-2-1-3-8-17)18-14-15-21-25-19(18)9-6-10-20(25)26-28-22-11-4-5-12-23(22)29(26)27(21)31/h1-16H/b16-13+. The molecule has 6 aromatic rings. The molecule has 6 rings (SSSR count). The molecule has 4 aromatic carbocycles. The number of carbonyl (C=O) groups is 1. The maximum Gasteiger partial charge on any atom is 0.264 e. The van der Waals surface area contributed by atoms with Crippen LogP contribution in [-0.2, 0) is 0 Å². The van der Waals surface area contributed by atoms with E-state index in [4.69, 9.17) is 4.98 Å². The van der Waals surface area contributed by atoms with E-state index in [0.717, 1.165) is 32.8 Å². The lowest BCUT2D eigenvalue weighted by atomic mass is 9.95. The molecule has 0 aliphatic carbocycles. The minimum Gasteiger partial charge on any atom is -0.289 e. The SMILES string of the molecule is O=C(/C=C/c1ccccc1)c1ccc2c(=O)n3c4ccccc4nc3c3cccc1c23. The third-order valence-corrected chi connectivity index (χ3v) is 5.77. The van der Waals surface area contributed by atoms with Crippen molar-refractivity contribution in [1.82, 2.24) is 9.38 Å². The average molecular weight is 400 g/mol. The molecule has 0 unspecified atom stereocenters. The number of ketones is 1. The Balaban J connectivity index is 1.63. The molecule has 0 saturated carbocycles. The second-order valence-corrected chi connectivity index (χ2v) is 7.56. The molecule has 0 atom stereocenters. The summed E-state index contributed by atoms with van der Waals surface area (Å²) in [7, 11) is 0. The van der Waals surface area contributed by atoms with Crippen LogP contribution in [0.25, 0.3) is 44.3 Å². The van der Waals surface area contributed by atoms with Gasteiger partial charge in [-0.15, -0.1) is 0 Å². The van der Waals surface area contributed by atoms with Crippen molar-refractivity contribution < 1.29 is 4.79 Å². The second-order valence-electron chi connectivity index (χ2n) is 7.56.